The molecule has 0 aromatic rings. The van der Waals surface area contributed by atoms with Crippen molar-refractivity contribution in [3.05, 3.63) is 0 Å². The third kappa shape index (κ3) is 0.443. The molecule has 50 valence electrons. The fraction of sp³-hybridized carbons (Fsp3) is 0.857. The summed E-state index contributed by atoms with van der Waals surface area (Å²) in [6.45, 7) is 3.52. The number of aliphatic imine (C=N–C) groups is 1. The van der Waals surface area contributed by atoms with Crippen molar-refractivity contribution < 1.29 is 0 Å². The van der Waals surface area contributed by atoms with E-state index in [4.69, 9.17) is 0 Å². The molecule has 0 saturated carbocycles. The average molecular weight is 124 g/mol. The summed E-state index contributed by atoms with van der Waals surface area (Å²) >= 11 is 0. The number of piperidine rings is 1. The predicted octanol–water partition coefficient (Wildman–Crippen LogP) is 0.883. The van der Waals surface area contributed by atoms with Gasteiger partial charge in [0.2, 0.25) is 0 Å². The first-order valence-corrected chi connectivity index (χ1v) is 3.54. The van der Waals surface area contributed by atoms with E-state index in [-0.39, 0.29) is 0 Å². The molecule has 0 aromatic heterocycles. The highest BCUT2D eigenvalue weighted by Crippen LogP contribution is 2.44. The number of rotatable bonds is 0. The standard InChI is InChI=1S/C7H12N2/c1-7-4-3-5-9(7)6(7)8-2/h3-5H2,1-2H3. The summed E-state index contributed by atoms with van der Waals surface area (Å²) in [7, 11) is 1.89. The van der Waals surface area contributed by atoms with Crippen LogP contribution in [0.5, 0.6) is 0 Å². The summed E-state index contributed by atoms with van der Waals surface area (Å²) < 4.78 is 0. The topological polar surface area (TPSA) is 15.4 Å². The summed E-state index contributed by atoms with van der Waals surface area (Å²) in [5.41, 5.74) is 0.411. The predicted molar refractivity (Wildman–Crippen MR) is 37.7 cm³/mol. The minimum absolute atomic E-state index is 0.411. The van der Waals surface area contributed by atoms with Crippen LogP contribution in [0.3, 0.4) is 0 Å². The van der Waals surface area contributed by atoms with Crippen LogP contribution in [0.25, 0.3) is 0 Å². The lowest BCUT2D eigenvalue weighted by molar-refractivity contribution is 0.534. The molecule has 2 aliphatic heterocycles. The van der Waals surface area contributed by atoms with Gasteiger partial charge in [0, 0.05) is 13.6 Å². The molecular weight excluding hydrogens is 112 g/mol. The molecule has 2 aliphatic rings. The van der Waals surface area contributed by atoms with E-state index in [0.717, 1.165) is 0 Å². The highest BCUT2D eigenvalue weighted by Gasteiger charge is 2.57. The van der Waals surface area contributed by atoms with E-state index >= 15 is 0 Å². The molecule has 0 aromatic carbocycles. The van der Waals surface area contributed by atoms with Gasteiger partial charge in [-0.2, -0.15) is 0 Å². The van der Waals surface area contributed by atoms with Gasteiger partial charge in [0.15, 0.2) is 0 Å². The normalized spacial score (nSPS) is 43.8. The third-order valence-corrected chi connectivity index (χ3v) is 2.54. The van der Waals surface area contributed by atoms with Crippen molar-refractivity contribution in [2.75, 3.05) is 13.6 Å². The fourth-order valence-electron chi connectivity index (χ4n) is 1.95. The number of amidine groups is 1. The Morgan fingerprint density at radius 2 is 2.44 bits per heavy atom. The molecular formula is C7H12N2. The van der Waals surface area contributed by atoms with Crippen molar-refractivity contribution >= 4 is 5.84 Å². The highest BCUT2D eigenvalue weighted by atomic mass is 15.4. The van der Waals surface area contributed by atoms with Crippen LogP contribution in [-0.4, -0.2) is 29.9 Å². The molecule has 9 heavy (non-hydrogen) atoms. The second kappa shape index (κ2) is 1.31. The van der Waals surface area contributed by atoms with Gasteiger partial charge in [-0.05, 0) is 19.8 Å². The zero-order valence-electron chi connectivity index (χ0n) is 6.02. The second-order valence-corrected chi connectivity index (χ2v) is 3.08. The van der Waals surface area contributed by atoms with Crippen LogP contribution in [0.4, 0.5) is 0 Å². The molecule has 0 amide bonds. The number of hydrogen-bond acceptors (Lipinski definition) is 1. The van der Waals surface area contributed by atoms with E-state index in [1.807, 2.05) is 7.05 Å². The van der Waals surface area contributed by atoms with E-state index < -0.39 is 0 Å². The van der Waals surface area contributed by atoms with Crippen molar-refractivity contribution in [1.29, 1.82) is 0 Å². The zero-order valence-corrected chi connectivity index (χ0v) is 6.02. The van der Waals surface area contributed by atoms with Crippen LogP contribution in [0.2, 0.25) is 0 Å². The lowest BCUT2D eigenvalue weighted by atomic mass is 10.1. The van der Waals surface area contributed by atoms with E-state index in [1.54, 1.807) is 0 Å². The Morgan fingerprint density at radius 3 is 2.78 bits per heavy atom. The van der Waals surface area contributed by atoms with Gasteiger partial charge < -0.3 is 4.90 Å². The van der Waals surface area contributed by atoms with Crippen molar-refractivity contribution in [3.63, 3.8) is 0 Å². The van der Waals surface area contributed by atoms with Gasteiger partial charge in [-0.1, -0.05) is 0 Å². The summed E-state index contributed by atoms with van der Waals surface area (Å²) in [5, 5.41) is 0. The maximum atomic E-state index is 4.20. The molecule has 1 atom stereocenters. The Morgan fingerprint density at radius 1 is 1.67 bits per heavy atom. The first-order chi connectivity index (χ1) is 4.29. The quantitative estimate of drug-likeness (QED) is 0.438. The number of hydrogen-bond donors (Lipinski definition) is 0. The zero-order chi connectivity index (χ0) is 6.48. The summed E-state index contributed by atoms with van der Waals surface area (Å²) in [4.78, 5) is 6.59. The third-order valence-electron chi connectivity index (χ3n) is 2.54. The minimum Gasteiger partial charge on any atom is -0.346 e. The maximum Gasteiger partial charge on any atom is 0.125 e. The molecule has 0 N–H and O–H groups in total. The molecule has 2 saturated heterocycles. The van der Waals surface area contributed by atoms with Crippen LogP contribution in [0.1, 0.15) is 19.8 Å². The van der Waals surface area contributed by atoms with E-state index in [0.29, 0.717) is 5.54 Å². The number of nitrogens with zero attached hydrogens (tertiary/aromatic N) is 2. The number of fused-ring (bicyclic) bond motifs is 1. The van der Waals surface area contributed by atoms with Gasteiger partial charge in [0.1, 0.15) is 5.84 Å². The lowest BCUT2D eigenvalue weighted by Gasteiger charge is -1.93. The van der Waals surface area contributed by atoms with Crippen LogP contribution >= 0.6 is 0 Å². The molecule has 0 aliphatic carbocycles. The molecule has 2 rings (SSSR count). The van der Waals surface area contributed by atoms with E-state index in [9.17, 15) is 0 Å². The molecule has 2 heteroatoms. The van der Waals surface area contributed by atoms with Gasteiger partial charge in [-0.3, -0.25) is 4.99 Å². The van der Waals surface area contributed by atoms with Crippen LogP contribution in [-0.2, 0) is 0 Å². The Labute approximate surface area is 55.6 Å². The van der Waals surface area contributed by atoms with E-state index in [2.05, 4.69) is 16.8 Å². The Bertz CT molecular complexity index is 174. The van der Waals surface area contributed by atoms with Gasteiger partial charge in [-0.15, -0.1) is 0 Å². The van der Waals surface area contributed by atoms with Crippen LogP contribution < -0.4 is 0 Å². The first-order valence-electron chi connectivity index (χ1n) is 3.54. The molecule has 1 unspecified atom stereocenters. The fourth-order valence-corrected chi connectivity index (χ4v) is 1.95. The van der Waals surface area contributed by atoms with Gasteiger partial charge in [-0.25, -0.2) is 0 Å². The van der Waals surface area contributed by atoms with Gasteiger partial charge in [0.05, 0.1) is 5.54 Å². The Hall–Kier alpha value is -0.530. The van der Waals surface area contributed by atoms with Crippen LogP contribution in [0.15, 0.2) is 4.99 Å². The van der Waals surface area contributed by atoms with E-state index in [1.165, 1.54) is 25.2 Å². The van der Waals surface area contributed by atoms with Crippen LogP contribution in [0, 0.1) is 0 Å². The largest absolute Gasteiger partial charge is 0.346 e. The molecule has 0 bridgehead atoms. The average Bonchev–Trinajstić information content (AvgIpc) is 2.16. The van der Waals surface area contributed by atoms with Crippen molar-refractivity contribution in [1.82, 2.24) is 4.90 Å². The Kier molecular flexibility index (Phi) is 0.765. The smallest absolute Gasteiger partial charge is 0.125 e. The summed E-state index contributed by atoms with van der Waals surface area (Å²) in [6, 6.07) is 0. The molecule has 0 radical (unpaired) electrons. The SMILES string of the molecule is CN=C1N2CCCC12C. The van der Waals surface area contributed by atoms with Gasteiger partial charge in [0.25, 0.3) is 0 Å². The molecule has 2 heterocycles. The minimum atomic E-state index is 0.411. The van der Waals surface area contributed by atoms with Gasteiger partial charge >= 0.3 is 0 Å². The summed E-state index contributed by atoms with van der Waals surface area (Å²) in [5.74, 6) is 1.33. The maximum absolute atomic E-state index is 4.20. The lowest BCUT2D eigenvalue weighted by Crippen LogP contribution is -2.03. The van der Waals surface area contributed by atoms with Crippen molar-refractivity contribution in [2.45, 2.75) is 25.3 Å². The Balaban J connectivity index is 2.26. The second-order valence-electron chi connectivity index (χ2n) is 3.08. The highest BCUT2D eigenvalue weighted by molar-refractivity contribution is 6.06. The van der Waals surface area contributed by atoms with Crippen molar-refractivity contribution in [2.24, 2.45) is 4.99 Å². The first kappa shape index (κ1) is 5.27. The van der Waals surface area contributed by atoms with Crippen molar-refractivity contribution in [3.8, 4) is 0 Å². The monoisotopic (exact) mass is 124 g/mol. The molecule has 2 nitrogen and oxygen atoms in total. The molecule has 2 fully saturated rings. The summed E-state index contributed by atoms with van der Waals surface area (Å²) in [6.07, 6.45) is 2.68. The molecule has 0 spiro atoms.